The van der Waals surface area contributed by atoms with E-state index in [2.05, 4.69) is 20.8 Å². The van der Waals surface area contributed by atoms with Crippen LogP contribution in [0.15, 0.2) is 4.52 Å². The van der Waals surface area contributed by atoms with E-state index in [0.717, 1.165) is 0 Å². The van der Waals surface area contributed by atoms with Gasteiger partial charge in [0.2, 0.25) is 5.89 Å². The average Bonchev–Trinajstić information content (AvgIpc) is 2.81. The molecule has 19 heavy (non-hydrogen) atoms. The van der Waals surface area contributed by atoms with Gasteiger partial charge in [-0.05, 0) is 6.92 Å². The second kappa shape index (κ2) is 6.66. The fraction of sp³-hybridized carbons (Fsp3) is 0.556. The Morgan fingerprint density at radius 3 is 2.74 bits per heavy atom. The Hall–Kier alpha value is -2.20. The first-order valence-corrected chi connectivity index (χ1v) is 5.39. The molecule has 10 nitrogen and oxygen atoms in total. The van der Waals surface area contributed by atoms with Crippen molar-refractivity contribution in [3.63, 3.8) is 0 Å². The summed E-state index contributed by atoms with van der Waals surface area (Å²) in [7, 11) is 0. The van der Waals surface area contributed by atoms with Crippen molar-refractivity contribution >= 4 is 12.0 Å². The fourth-order valence-electron chi connectivity index (χ4n) is 1.07. The zero-order valence-corrected chi connectivity index (χ0v) is 10.2. The Bertz CT molecular complexity index is 446. The molecule has 1 aromatic rings. The van der Waals surface area contributed by atoms with E-state index < -0.39 is 30.7 Å². The number of aromatic nitrogens is 2. The Kier molecular flexibility index (Phi) is 5.21. The molecule has 2 unspecified atom stereocenters. The molecule has 0 fully saturated rings. The summed E-state index contributed by atoms with van der Waals surface area (Å²) in [6.07, 6.45) is -0.836. The SMILES string of the molecule is CC(O)C(N)c1noc(CNC(=O)NCC(=O)O)n1. The molecule has 0 spiro atoms. The third-order valence-electron chi connectivity index (χ3n) is 2.10. The fourth-order valence-corrected chi connectivity index (χ4v) is 1.07. The van der Waals surface area contributed by atoms with Crippen LogP contribution in [-0.4, -0.2) is 45.0 Å². The molecule has 2 atom stereocenters. The predicted octanol–water partition coefficient (Wildman–Crippen LogP) is -1.67. The molecule has 0 aliphatic carbocycles. The van der Waals surface area contributed by atoms with Crippen molar-refractivity contribution in [2.24, 2.45) is 5.73 Å². The van der Waals surface area contributed by atoms with Gasteiger partial charge in [0.1, 0.15) is 6.54 Å². The highest BCUT2D eigenvalue weighted by molar-refractivity contribution is 5.79. The number of aliphatic hydroxyl groups is 1. The highest BCUT2D eigenvalue weighted by Crippen LogP contribution is 2.09. The average molecular weight is 273 g/mol. The first kappa shape index (κ1) is 14.9. The van der Waals surface area contributed by atoms with Crippen molar-refractivity contribution in [1.82, 2.24) is 20.8 Å². The Morgan fingerprint density at radius 1 is 1.47 bits per heavy atom. The van der Waals surface area contributed by atoms with Crippen LogP contribution >= 0.6 is 0 Å². The number of aliphatic carboxylic acids is 1. The van der Waals surface area contributed by atoms with E-state index >= 15 is 0 Å². The molecule has 0 aromatic carbocycles. The zero-order chi connectivity index (χ0) is 14.4. The summed E-state index contributed by atoms with van der Waals surface area (Å²) in [6, 6.07) is -1.46. The lowest BCUT2D eigenvalue weighted by Crippen LogP contribution is -2.38. The van der Waals surface area contributed by atoms with Crippen LogP contribution in [0.3, 0.4) is 0 Å². The third kappa shape index (κ3) is 4.89. The van der Waals surface area contributed by atoms with Gasteiger partial charge in [0, 0.05) is 0 Å². The van der Waals surface area contributed by atoms with Crippen molar-refractivity contribution in [3.8, 4) is 0 Å². The monoisotopic (exact) mass is 273 g/mol. The van der Waals surface area contributed by atoms with E-state index in [1.807, 2.05) is 0 Å². The van der Waals surface area contributed by atoms with E-state index in [-0.39, 0.29) is 18.3 Å². The van der Waals surface area contributed by atoms with Crippen LogP contribution in [0.5, 0.6) is 0 Å². The summed E-state index contributed by atoms with van der Waals surface area (Å²) in [5.41, 5.74) is 5.59. The molecular weight excluding hydrogens is 258 g/mol. The molecular formula is C9H15N5O5. The minimum atomic E-state index is -1.15. The lowest BCUT2D eigenvalue weighted by molar-refractivity contribution is -0.135. The first-order valence-electron chi connectivity index (χ1n) is 5.39. The number of rotatable bonds is 6. The summed E-state index contributed by atoms with van der Waals surface area (Å²) < 4.78 is 4.80. The number of carbonyl (C=O) groups is 2. The van der Waals surface area contributed by atoms with Gasteiger partial charge in [0.25, 0.3) is 0 Å². The van der Waals surface area contributed by atoms with E-state index in [1.54, 1.807) is 0 Å². The minimum absolute atomic E-state index is 0.0784. The summed E-state index contributed by atoms with van der Waals surface area (Å²) in [4.78, 5) is 25.2. The number of hydrogen-bond donors (Lipinski definition) is 5. The number of nitrogens with two attached hydrogens (primary N) is 1. The molecule has 1 rings (SSSR count). The van der Waals surface area contributed by atoms with Gasteiger partial charge in [-0.3, -0.25) is 4.79 Å². The maximum Gasteiger partial charge on any atom is 0.323 e. The van der Waals surface area contributed by atoms with Gasteiger partial charge in [0.05, 0.1) is 18.7 Å². The number of nitrogens with one attached hydrogen (secondary N) is 2. The summed E-state index contributed by atoms with van der Waals surface area (Å²) in [6.45, 7) is 0.914. The first-order chi connectivity index (χ1) is 8.90. The number of aliphatic hydroxyl groups excluding tert-OH is 1. The molecule has 10 heteroatoms. The Morgan fingerprint density at radius 2 is 2.16 bits per heavy atom. The van der Waals surface area contributed by atoms with Crippen LogP contribution in [0.4, 0.5) is 4.79 Å². The number of carbonyl (C=O) groups excluding carboxylic acids is 1. The number of nitrogens with zero attached hydrogens (tertiary/aromatic N) is 2. The molecule has 2 amide bonds. The summed E-state index contributed by atoms with van der Waals surface area (Å²) in [5.74, 6) is -0.938. The topological polar surface area (TPSA) is 164 Å². The van der Waals surface area contributed by atoms with Crippen molar-refractivity contribution < 1.29 is 24.3 Å². The van der Waals surface area contributed by atoms with Crippen LogP contribution in [0.2, 0.25) is 0 Å². The number of amides is 2. The molecule has 106 valence electrons. The third-order valence-corrected chi connectivity index (χ3v) is 2.10. The number of carboxylic acids is 1. The smallest absolute Gasteiger partial charge is 0.323 e. The van der Waals surface area contributed by atoms with E-state index in [1.165, 1.54) is 6.92 Å². The molecule has 0 aliphatic rings. The molecule has 1 heterocycles. The highest BCUT2D eigenvalue weighted by atomic mass is 16.5. The van der Waals surface area contributed by atoms with Gasteiger partial charge in [-0.25, -0.2) is 4.79 Å². The second-order valence-corrected chi connectivity index (χ2v) is 3.74. The van der Waals surface area contributed by atoms with E-state index in [9.17, 15) is 14.7 Å². The standard InChI is InChI=1S/C9H15N5O5/c1-4(15)7(10)8-13-5(19-14-8)2-11-9(18)12-3-6(16)17/h4,7,15H,2-3,10H2,1H3,(H,16,17)(H2,11,12,18). The lowest BCUT2D eigenvalue weighted by Gasteiger charge is -2.08. The number of urea groups is 1. The molecule has 0 saturated heterocycles. The predicted molar refractivity (Wildman–Crippen MR) is 60.8 cm³/mol. The van der Waals surface area contributed by atoms with Gasteiger partial charge in [-0.1, -0.05) is 5.16 Å². The van der Waals surface area contributed by atoms with Crippen LogP contribution in [0.25, 0.3) is 0 Å². The highest BCUT2D eigenvalue weighted by Gasteiger charge is 2.18. The zero-order valence-electron chi connectivity index (χ0n) is 10.2. The van der Waals surface area contributed by atoms with Crippen LogP contribution in [-0.2, 0) is 11.3 Å². The van der Waals surface area contributed by atoms with Crippen LogP contribution in [0, 0.1) is 0 Å². The molecule has 0 bridgehead atoms. The van der Waals surface area contributed by atoms with Gasteiger partial charge in [-0.2, -0.15) is 4.98 Å². The summed E-state index contributed by atoms with van der Waals surface area (Å²) in [5, 5.41) is 25.6. The Labute approximate surface area is 108 Å². The van der Waals surface area contributed by atoms with E-state index in [0.29, 0.717) is 0 Å². The van der Waals surface area contributed by atoms with Crippen LogP contribution in [0.1, 0.15) is 24.7 Å². The maximum atomic E-state index is 11.1. The molecule has 0 aliphatic heterocycles. The molecule has 1 aromatic heterocycles. The molecule has 0 radical (unpaired) electrons. The van der Waals surface area contributed by atoms with Crippen molar-refractivity contribution in [1.29, 1.82) is 0 Å². The van der Waals surface area contributed by atoms with Gasteiger partial charge < -0.3 is 31.1 Å². The van der Waals surface area contributed by atoms with Gasteiger partial charge in [0.15, 0.2) is 5.82 Å². The van der Waals surface area contributed by atoms with Crippen molar-refractivity contribution in [2.45, 2.75) is 25.6 Å². The summed E-state index contributed by atoms with van der Waals surface area (Å²) >= 11 is 0. The molecule has 6 N–H and O–H groups in total. The largest absolute Gasteiger partial charge is 0.480 e. The van der Waals surface area contributed by atoms with Crippen molar-refractivity contribution in [2.75, 3.05) is 6.54 Å². The van der Waals surface area contributed by atoms with Gasteiger partial charge in [-0.15, -0.1) is 0 Å². The normalized spacial score (nSPS) is 13.6. The quantitative estimate of drug-likeness (QED) is 0.410. The van der Waals surface area contributed by atoms with E-state index in [4.69, 9.17) is 15.4 Å². The number of carboxylic acid groups (broad SMARTS) is 1. The van der Waals surface area contributed by atoms with Gasteiger partial charge >= 0.3 is 12.0 Å². The Balaban J connectivity index is 2.42. The minimum Gasteiger partial charge on any atom is -0.480 e. The maximum absolute atomic E-state index is 11.1. The lowest BCUT2D eigenvalue weighted by atomic mass is 10.2. The van der Waals surface area contributed by atoms with Crippen molar-refractivity contribution in [3.05, 3.63) is 11.7 Å². The number of hydrogen-bond acceptors (Lipinski definition) is 7. The molecule has 0 saturated carbocycles. The second-order valence-electron chi connectivity index (χ2n) is 3.74. The van der Waals surface area contributed by atoms with Crippen LogP contribution < -0.4 is 16.4 Å².